The van der Waals surface area contributed by atoms with Crippen molar-refractivity contribution >= 4 is 55.4 Å². The number of aldehydes is 1. The normalized spacial score (nSPS) is 12.6. The second-order valence-electron chi connectivity index (χ2n) is 4.83. The van der Waals surface area contributed by atoms with Crippen LogP contribution >= 0.6 is 43.5 Å². The Hall–Kier alpha value is -1.24. The maximum absolute atomic E-state index is 10.3. The molecule has 0 spiro atoms. The molecule has 4 nitrogen and oxygen atoms in total. The summed E-state index contributed by atoms with van der Waals surface area (Å²) in [6.45, 7) is 1.68. The lowest BCUT2D eigenvalue weighted by Crippen LogP contribution is -2.28. The molecule has 1 aliphatic rings. The molecule has 122 valence electrons. The van der Waals surface area contributed by atoms with Crippen LogP contribution in [0, 0.1) is 0 Å². The Morgan fingerprint density at radius 3 is 2.52 bits per heavy atom. The number of carbonyl (C=O) groups is 1. The largest absolute Gasteiger partial charge is 0.506 e. The van der Waals surface area contributed by atoms with Gasteiger partial charge in [0.1, 0.15) is 24.4 Å². The van der Waals surface area contributed by atoms with Gasteiger partial charge in [-0.25, -0.2) is 0 Å². The first-order valence-corrected chi connectivity index (χ1v) is 8.65. The van der Waals surface area contributed by atoms with Crippen molar-refractivity contribution in [3.05, 3.63) is 49.9 Å². The van der Waals surface area contributed by atoms with E-state index in [-0.39, 0.29) is 5.75 Å². The molecule has 0 aromatic heterocycles. The van der Waals surface area contributed by atoms with Gasteiger partial charge in [0, 0.05) is 17.6 Å². The molecule has 0 atom stereocenters. The van der Waals surface area contributed by atoms with Gasteiger partial charge in [0.25, 0.3) is 0 Å². The SMILES string of the molecule is CN1CCOc2ccc(Cl)cc21.O=Cc1cc(Br)c(O)c(Br)c1. The lowest BCUT2D eigenvalue weighted by atomic mass is 10.2. The van der Waals surface area contributed by atoms with Crippen LogP contribution in [0.25, 0.3) is 0 Å². The molecule has 0 aliphatic carbocycles. The number of anilines is 1. The molecule has 23 heavy (non-hydrogen) atoms. The number of halogens is 3. The maximum atomic E-state index is 10.3. The average Bonchev–Trinajstić information content (AvgIpc) is 2.53. The number of ether oxygens (including phenoxy) is 1. The number of carbonyl (C=O) groups excluding carboxylic acids is 1. The first-order chi connectivity index (χ1) is 10.9. The first-order valence-electron chi connectivity index (χ1n) is 6.69. The molecular weight excluding hydrogens is 449 g/mol. The Bertz CT molecular complexity index is 701. The van der Waals surface area contributed by atoms with Gasteiger partial charge in [-0.3, -0.25) is 4.79 Å². The zero-order valence-electron chi connectivity index (χ0n) is 12.2. The minimum Gasteiger partial charge on any atom is -0.506 e. The number of likely N-dealkylation sites (N-methyl/N-ethyl adjacent to an activating group) is 1. The van der Waals surface area contributed by atoms with Gasteiger partial charge in [0.15, 0.2) is 0 Å². The van der Waals surface area contributed by atoms with Crippen molar-refractivity contribution in [1.29, 1.82) is 0 Å². The number of fused-ring (bicyclic) bond motifs is 1. The lowest BCUT2D eigenvalue weighted by Gasteiger charge is -2.27. The number of phenolic OH excluding ortho intramolecular Hbond substituents is 1. The van der Waals surface area contributed by atoms with Gasteiger partial charge in [-0.1, -0.05) is 11.6 Å². The minimum absolute atomic E-state index is 0.107. The van der Waals surface area contributed by atoms with E-state index in [1.165, 1.54) is 0 Å². The fourth-order valence-electron chi connectivity index (χ4n) is 1.98. The van der Waals surface area contributed by atoms with Crippen molar-refractivity contribution in [2.75, 3.05) is 25.1 Å². The van der Waals surface area contributed by atoms with Crippen LogP contribution in [-0.2, 0) is 0 Å². The maximum Gasteiger partial charge on any atom is 0.150 e. The number of benzene rings is 2. The summed E-state index contributed by atoms with van der Waals surface area (Å²) in [6.07, 6.45) is 0.717. The molecule has 0 unspecified atom stereocenters. The van der Waals surface area contributed by atoms with E-state index < -0.39 is 0 Å². The highest BCUT2D eigenvalue weighted by Crippen LogP contribution is 2.33. The summed E-state index contributed by atoms with van der Waals surface area (Å²) in [5.41, 5.74) is 1.59. The number of hydrogen-bond acceptors (Lipinski definition) is 4. The van der Waals surface area contributed by atoms with Gasteiger partial charge < -0.3 is 14.7 Å². The molecule has 1 N–H and O–H groups in total. The van der Waals surface area contributed by atoms with Crippen LogP contribution in [0.1, 0.15) is 10.4 Å². The molecule has 0 saturated heterocycles. The van der Waals surface area contributed by atoms with Crippen molar-refractivity contribution in [2.24, 2.45) is 0 Å². The monoisotopic (exact) mass is 461 g/mol. The number of aromatic hydroxyl groups is 1. The van der Waals surface area contributed by atoms with E-state index in [4.69, 9.17) is 16.3 Å². The summed E-state index contributed by atoms with van der Waals surface area (Å²) in [7, 11) is 2.04. The number of rotatable bonds is 1. The van der Waals surface area contributed by atoms with Crippen molar-refractivity contribution in [3.63, 3.8) is 0 Å². The number of phenols is 1. The third-order valence-electron chi connectivity index (χ3n) is 3.19. The van der Waals surface area contributed by atoms with Crippen LogP contribution in [-0.4, -0.2) is 31.6 Å². The Morgan fingerprint density at radius 1 is 1.26 bits per heavy atom. The molecule has 2 aromatic rings. The Kier molecular flexibility index (Phi) is 6.33. The predicted molar refractivity (Wildman–Crippen MR) is 99.1 cm³/mol. The van der Waals surface area contributed by atoms with E-state index in [2.05, 4.69) is 36.8 Å². The molecule has 0 amide bonds. The quantitative estimate of drug-likeness (QED) is 0.612. The molecule has 0 fully saturated rings. The molecule has 1 heterocycles. The number of nitrogens with zero attached hydrogens (tertiary/aromatic N) is 1. The van der Waals surface area contributed by atoms with E-state index in [9.17, 15) is 9.90 Å². The molecule has 3 rings (SSSR count). The third kappa shape index (κ3) is 4.62. The standard InChI is InChI=1S/C9H10ClNO.C7H4Br2O2/c1-11-4-5-12-9-3-2-7(10)6-8(9)11;8-5-1-4(3-10)2-6(9)7(5)11/h2-3,6H,4-5H2,1H3;1-3,11H. The summed E-state index contributed by atoms with van der Waals surface area (Å²) in [6, 6.07) is 8.78. The molecule has 0 radical (unpaired) electrons. The highest BCUT2D eigenvalue weighted by molar-refractivity contribution is 9.11. The molecule has 7 heteroatoms. The molecule has 0 bridgehead atoms. The van der Waals surface area contributed by atoms with Crippen LogP contribution in [0.2, 0.25) is 5.02 Å². The van der Waals surface area contributed by atoms with Crippen LogP contribution < -0.4 is 9.64 Å². The van der Waals surface area contributed by atoms with Gasteiger partial charge in [-0.2, -0.15) is 0 Å². The van der Waals surface area contributed by atoms with E-state index in [0.29, 0.717) is 14.5 Å². The summed E-state index contributed by atoms with van der Waals surface area (Å²) in [5.74, 6) is 1.03. The van der Waals surface area contributed by atoms with Gasteiger partial charge in [-0.15, -0.1) is 0 Å². The van der Waals surface area contributed by atoms with Crippen molar-refractivity contribution in [1.82, 2.24) is 0 Å². The van der Waals surface area contributed by atoms with Crippen molar-refractivity contribution in [2.45, 2.75) is 0 Å². The second kappa shape index (κ2) is 8.04. The summed E-state index contributed by atoms with van der Waals surface area (Å²) >= 11 is 12.1. The van der Waals surface area contributed by atoms with E-state index in [0.717, 1.165) is 35.9 Å². The highest BCUT2D eigenvalue weighted by Gasteiger charge is 2.14. The average molecular weight is 464 g/mol. The van der Waals surface area contributed by atoms with Gasteiger partial charge >= 0.3 is 0 Å². The van der Waals surface area contributed by atoms with E-state index in [1.54, 1.807) is 12.1 Å². The van der Waals surface area contributed by atoms with Gasteiger partial charge in [0.05, 0.1) is 21.2 Å². The van der Waals surface area contributed by atoms with Crippen LogP contribution in [0.3, 0.4) is 0 Å². The third-order valence-corrected chi connectivity index (χ3v) is 4.64. The number of hydrogen-bond donors (Lipinski definition) is 1. The van der Waals surface area contributed by atoms with Crippen LogP contribution in [0.4, 0.5) is 5.69 Å². The highest BCUT2D eigenvalue weighted by atomic mass is 79.9. The van der Waals surface area contributed by atoms with Crippen LogP contribution in [0.5, 0.6) is 11.5 Å². The van der Waals surface area contributed by atoms with Crippen molar-refractivity contribution < 1.29 is 14.6 Å². The zero-order valence-corrected chi connectivity index (χ0v) is 16.2. The Balaban J connectivity index is 0.000000168. The molecular formula is C16H14Br2ClNO3. The fraction of sp³-hybridized carbons (Fsp3) is 0.188. The summed E-state index contributed by atoms with van der Waals surface area (Å²) in [5, 5.41) is 9.97. The molecule has 2 aromatic carbocycles. The summed E-state index contributed by atoms with van der Waals surface area (Å²) in [4.78, 5) is 12.4. The van der Waals surface area contributed by atoms with Gasteiger partial charge in [0.2, 0.25) is 0 Å². The van der Waals surface area contributed by atoms with Crippen molar-refractivity contribution in [3.8, 4) is 11.5 Å². The Labute approximate surface area is 156 Å². The fourth-order valence-corrected chi connectivity index (χ4v) is 3.37. The van der Waals surface area contributed by atoms with E-state index in [1.807, 2.05) is 25.2 Å². The smallest absolute Gasteiger partial charge is 0.150 e. The van der Waals surface area contributed by atoms with Gasteiger partial charge in [-0.05, 0) is 62.2 Å². The van der Waals surface area contributed by atoms with E-state index >= 15 is 0 Å². The summed E-state index contributed by atoms with van der Waals surface area (Å²) < 4.78 is 6.47. The Morgan fingerprint density at radius 2 is 1.91 bits per heavy atom. The predicted octanol–water partition coefficient (Wildman–Crippen LogP) is 4.90. The zero-order chi connectivity index (χ0) is 17.0. The molecule has 1 aliphatic heterocycles. The first kappa shape index (κ1) is 18.1. The minimum atomic E-state index is 0.107. The molecule has 0 saturated carbocycles. The second-order valence-corrected chi connectivity index (χ2v) is 6.98. The van der Waals surface area contributed by atoms with Crippen LogP contribution in [0.15, 0.2) is 39.3 Å². The topological polar surface area (TPSA) is 49.8 Å². The lowest BCUT2D eigenvalue weighted by molar-refractivity contribution is 0.112.